The average Bonchev–Trinajstić information content (AvgIpc) is 3.09. The van der Waals surface area contributed by atoms with E-state index in [1.54, 1.807) is 6.07 Å². The second-order valence-electron chi connectivity index (χ2n) is 6.03. The van der Waals surface area contributed by atoms with E-state index in [0.717, 1.165) is 5.56 Å². The zero-order valence-corrected chi connectivity index (χ0v) is 13.9. The maximum atomic E-state index is 13.3. The summed E-state index contributed by atoms with van der Waals surface area (Å²) < 4.78 is 18.7. The molecule has 0 saturated heterocycles. The Morgan fingerprint density at radius 1 is 1.12 bits per heavy atom. The van der Waals surface area contributed by atoms with Gasteiger partial charge in [-0.2, -0.15) is 4.98 Å². The first-order valence-corrected chi connectivity index (χ1v) is 8.00. The van der Waals surface area contributed by atoms with E-state index in [0.29, 0.717) is 11.7 Å². The summed E-state index contributed by atoms with van der Waals surface area (Å²) in [5.41, 5.74) is 1.07. The Bertz CT molecular complexity index is 862. The molecule has 128 valence electrons. The van der Waals surface area contributed by atoms with E-state index in [2.05, 4.69) is 15.5 Å². The lowest BCUT2D eigenvalue weighted by Gasteiger charge is -2.18. The Labute approximate surface area is 144 Å². The molecule has 1 heterocycles. The van der Waals surface area contributed by atoms with Crippen LogP contribution in [-0.4, -0.2) is 16.0 Å². The largest absolute Gasteiger partial charge is 0.340 e. The number of aromatic nitrogens is 2. The number of hydrogen-bond donors (Lipinski definition) is 1. The number of nitrogens with one attached hydrogen (secondary N) is 1. The molecule has 0 saturated carbocycles. The van der Waals surface area contributed by atoms with Gasteiger partial charge in [-0.1, -0.05) is 55.4 Å². The third-order valence-electron chi connectivity index (χ3n) is 3.78. The normalized spacial score (nSPS) is 12.2. The number of hydrogen-bond acceptors (Lipinski definition) is 4. The van der Waals surface area contributed by atoms with Crippen molar-refractivity contribution in [2.75, 3.05) is 0 Å². The molecule has 0 fully saturated rings. The maximum absolute atomic E-state index is 13.3. The van der Waals surface area contributed by atoms with Crippen LogP contribution in [0, 0.1) is 11.7 Å². The van der Waals surface area contributed by atoms with Crippen LogP contribution in [0.2, 0.25) is 0 Å². The van der Waals surface area contributed by atoms with Crippen molar-refractivity contribution in [3.63, 3.8) is 0 Å². The van der Waals surface area contributed by atoms with Crippen LogP contribution in [0.5, 0.6) is 0 Å². The molecule has 0 radical (unpaired) electrons. The summed E-state index contributed by atoms with van der Waals surface area (Å²) in [6, 6.07) is 14.5. The molecule has 0 aliphatic carbocycles. The number of amides is 1. The molecule has 25 heavy (non-hydrogen) atoms. The molecule has 3 rings (SSSR count). The summed E-state index contributed by atoms with van der Waals surface area (Å²) in [6.45, 7) is 3.87. The minimum Gasteiger partial charge on any atom is -0.340 e. The minimum absolute atomic E-state index is 0.0154. The summed E-state index contributed by atoms with van der Waals surface area (Å²) in [6.07, 6.45) is 0. The van der Waals surface area contributed by atoms with Gasteiger partial charge in [0.25, 0.3) is 5.91 Å². The third kappa shape index (κ3) is 3.91. The van der Waals surface area contributed by atoms with Gasteiger partial charge in [-0.15, -0.1) is 0 Å². The lowest BCUT2D eigenvalue weighted by Crippen LogP contribution is -2.32. The Kier molecular flexibility index (Phi) is 4.88. The molecular weight excluding hydrogens is 321 g/mol. The molecule has 1 amide bonds. The van der Waals surface area contributed by atoms with Gasteiger partial charge in [-0.3, -0.25) is 4.79 Å². The summed E-state index contributed by atoms with van der Waals surface area (Å²) in [4.78, 5) is 16.8. The highest BCUT2D eigenvalue weighted by molar-refractivity contribution is 5.94. The predicted octanol–water partition coefficient (Wildman–Crippen LogP) is 4.00. The van der Waals surface area contributed by atoms with Crippen LogP contribution in [0.4, 0.5) is 4.39 Å². The molecule has 0 aliphatic rings. The second-order valence-corrected chi connectivity index (χ2v) is 6.03. The van der Waals surface area contributed by atoms with Crippen LogP contribution < -0.4 is 5.32 Å². The summed E-state index contributed by atoms with van der Waals surface area (Å²) in [5.74, 6) is -0.0583. The predicted molar refractivity (Wildman–Crippen MR) is 91.2 cm³/mol. The fourth-order valence-corrected chi connectivity index (χ4v) is 2.43. The van der Waals surface area contributed by atoms with Gasteiger partial charge in [0.2, 0.25) is 11.7 Å². The molecule has 3 aromatic rings. The minimum atomic E-state index is -0.472. The van der Waals surface area contributed by atoms with Crippen molar-refractivity contribution >= 4 is 5.91 Å². The van der Waals surface area contributed by atoms with Crippen LogP contribution in [0.3, 0.4) is 0 Å². The van der Waals surface area contributed by atoms with Crippen molar-refractivity contribution in [3.05, 3.63) is 71.9 Å². The summed E-state index contributed by atoms with van der Waals surface area (Å²) in [5, 5.41) is 6.83. The van der Waals surface area contributed by atoms with E-state index < -0.39 is 17.8 Å². The quantitative estimate of drug-likeness (QED) is 0.763. The van der Waals surface area contributed by atoms with Gasteiger partial charge in [0.1, 0.15) is 11.9 Å². The van der Waals surface area contributed by atoms with Crippen molar-refractivity contribution in [2.45, 2.75) is 19.9 Å². The van der Waals surface area contributed by atoms with Gasteiger partial charge >= 0.3 is 0 Å². The zero-order chi connectivity index (χ0) is 17.8. The molecule has 2 aromatic carbocycles. The SMILES string of the molecule is CC(C)C(NC(=O)c1cccc(F)c1)c1nc(-c2ccccc2)no1. The van der Waals surface area contributed by atoms with Gasteiger partial charge in [0.05, 0.1) is 0 Å². The molecule has 5 nitrogen and oxygen atoms in total. The number of carbonyl (C=O) groups is 1. The second kappa shape index (κ2) is 7.25. The molecule has 1 unspecified atom stereocenters. The number of halogens is 1. The third-order valence-corrected chi connectivity index (χ3v) is 3.78. The first-order valence-electron chi connectivity index (χ1n) is 8.00. The highest BCUT2D eigenvalue weighted by Gasteiger charge is 2.25. The Morgan fingerprint density at radius 3 is 2.56 bits per heavy atom. The topological polar surface area (TPSA) is 68.0 Å². The number of nitrogens with zero attached hydrogens (tertiary/aromatic N) is 2. The van der Waals surface area contributed by atoms with Crippen molar-refractivity contribution in [1.82, 2.24) is 15.5 Å². The van der Waals surface area contributed by atoms with Gasteiger partial charge in [-0.05, 0) is 24.1 Å². The fourth-order valence-electron chi connectivity index (χ4n) is 2.43. The molecular formula is C19H18FN3O2. The average molecular weight is 339 g/mol. The van der Waals surface area contributed by atoms with Crippen molar-refractivity contribution in [1.29, 1.82) is 0 Å². The molecule has 1 aromatic heterocycles. The van der Waals surface area contributed by atoms with Crippen LogP contribution in [0.25, 0.3) is 11.4 Å². The molecule has 1 N–H and O–H groups in total. The van der Waals surface area contributed by atoms with Crippen LogP contribution in [-0.2, 0) is 0 Å². The Balaban J connectivity index is 1.82. The van der Waals surface area contributed by atoms with Gasteiger partial charge in [0.15, 0.2) is 0 Å². The number of carbonyl (C=O) groups excluding carboxylic acids is 1. The Morgan fingerprint density at radius 2 is 1.88 bits per heavy atom. The van der Waals surface area contributed by atoms with Gasteiger partial charge in [0, 0.05) is 11.1 Å². The number of benzene rings is 2. The first-order chi connectivity index (χ1) is 12.0. The molecule has 0 aliphatic heterocycles. The standard InChI is InChI=1S/C19H18FN3O2/c1-12(2)16(21-18(24)14-9-6-10-15(20)11-14)19-22-17(23-25-19)13-7-4-3-5-8-13/h3-12,16H,1-2H3,(H,21,24). The fraction of sp³-hybridized carbons (Fsp3) is 0.211. The van der Waals surface area contributed by atoms with Crippen LogP contribution >= 0.6 is 0 Å². The van der Waals surface area contributed by atoms with E-state index in [-0.39, 0.29) is 11.5 Å². The molecule has 1 atom stereocenters. The van der Waals surface area contributed by atoms with Crippen molar-refractivity contribution < 1.29 is 13.7 Å². The zero-order valence-electron chi connectivity index (χ0n) is 13.9. The molecule has 6 heteroatoms. The highest BCUT2D eigenvalue weighted by atomic mass is 19.1. The maximum Gasteiger partial charge on any atom is 0.252 e. The molecule has 0 bridgehead atoms. The van der Waals surface area contributed by atoms with E-state index in [4.69, 9.17) is 4.52 Å². The van der Waals surface area contributed by atoms with Crippen molar-refractivity contribution in [3.8, 4) is 11.4 Å². The molecule has 0 spiro atoms. The van der Waals surface area contributed by atoms with Crippen LogP contribution in [0.15, 0.2) is 59.1 Å². The lowest BCUT2D eigenvalue weighted by atomic mass is 10.0. The smallest absolute Gasteiger partial charge is 0.252 e. The highest BCUT2D eigenvalue weighted by Crippen LogP contribution is 2.24. The number of rotatable bonds is 5. The van der Waals surface area contributed by atoms with Gasteiger partial charge in [-0.25, -0.2) is 4.39 Å². The van der Waals surface area contributed by atoms with Crippen molar-refractivity contribution in [2.24, 2.45) is 5.92 Å². The van der Waals surface area contributed by atoms with E-state index in [1.807, 2.05) is 44.2 Å². The monoisotopic (exact) mass is 339 g/mol. The summed E-state index contributed by atoms with van der Waals surface area (Å²) >= 11 is 0. The van der Waals surface area contributed by atoms with Gasteiger partial charge < -0.3 is 9.84 Å². The van der Waals surface area contributed by atoms with Crippen LogP contribution in [0.1, 0.15) is 36.1 Å². The first kappa shape index (κ1) is 16.8. The van der Waals surface area contributed by atoms with E-state index >= 15 is 0 Å². The lowest BCUT2D eigenvalue weighted by molar-refractivity contribution is 0.0913. The van der Waals surface area contributed by atoms with E-state index in [1.165, 1.54) is 18.2 Å². The summed E-state index contributed by atoms with van der Waals surface area (Å²) in [7, 11) is 0. The van der Waals surface area contributed by atoms with E-state index in [9.17, 15) is 9.18 Å². The Hall–Kier alpha value is -3.02.